The molecule has 0 heterocycles. The third-order valence-electron chi connectivity index (χ3n) is 3.31. The minimum Gasteiger partial charge on any atom is -0.478 e. The molecular weight excluding hydrogens is 312 g/mol. The summed E-state index contributed by atoms with van der Waals surface area (Å²) in [6, 6.07) is 5.00. The van der Waals surface area contributed by atoms with Crippen LogP contribution in [0.5, 0.6) is 0 Å². The molecule has 0 unspecified atom stereocenters. The lowest BCUT2D eigenvalue weighted by Gasteiger charge is -2.20. The molecule has 1 atom stereocenters. The highest BCUT2D eigenvalue weighted by Crippen LogP contribution is 2.09. The molecule has 0 bridgehead atoms. The van der Waals surface area contributed by atoms with Crippen molar-refractivity contribution in [2.75, 3.05) is 20.3 Å². The summed E-state index contributed by atoms with van der Waals surface area (Å²) in [4.78, 5) is 35.5. The Hall–Kier alpha value is -2.41. The number of carbonyl (C=O) groups is 3. The van der Waals surface area contributed by atoms with E-state index in [4.69, 9.17) is 9.84 Å². The number of nitrogens with one attached hydrogen (secondary N) is 2. The van der Waals surface area contributed by atoms with Gasteiger partial charge in [-0.25, -0.2) is 4.79 Å². The minimum atomic E-state index is -1.11. The van der Waals surface area contributed by atoms with Crippen LogP contribution in [0.2, 0.25) is 0 Å². The van der Waals surface area contributed by atoms with Gasteiger partial charge in [0.05, 0.1) is 12.2 Å². The van der Waals surface area contributed by atoms with Gasteiger partial charge in [-0.2, -0.15) is 0 Å². The predicted octanol–water partition coefficient (Wildman–Crippen LogP) is 1.29. The fourth-order valence-electron chi connectivity index (χ4n) is 2.14. The zero-order chi connectivity index (χ0) is 18.1. The Bertz CT molecular complexity index is 586. The van der Waals surface area contributed by atoms with Gasteiger partial charge in [0.1, 0.15) is 6.04 Å². The van der Waals surface area contributed by atoms with E-state index in [1.807, 2.05) is 13.8 Å². The molecule has 0 spiro atoms. The molecule has 1 rings (SSSR count). The normalized spacial score (nSPS) is 11.8. The van der Waals surface area contributed by atoms with Gasteiger partial charge in [0.25, 0.3) is 5.91 Å². The SMILES string of the molecule is COCCNC(=O)[C@H](CC(C)C)NC(=O)c1cccc(C(=O)O)c1. The number of hydrogen-bond donors (Lipinski definition) is 3. The topological polar surface area (TPSA) is 105 Å². The molecule has 7 nitrogen and oxygen atoms in total. The molecule has 132 valence electrons. The van der Waals surface area contributed by atoms with Crippen LogP contribution in [0.3, 0.4) is 0 Å². The molecule has 0 aliphatic carbocycles. The molecule has 0 aromatic heterocycles. The zero-order valence-corrected chi connectivity index (χ0v) is 14.2. The second-order valence-corrected chi connectivity index (χ2v) is 5.83. The highest BCUT2D eigenvalue weighted by atomic mass is 16.5. The highest BCUT2D eigenvalue weighted by molar-refractivity contribution is 5.99. The average Bonchev–Trinajstić information content (AvgIpc) is 2.54. The van der Waals surface area contributed by atoms with Gasteiger partial charge >= 0.3 is 5.97 Å². The van der Waals surface area contributed by atoms with E-state index in [1.165, 1.54) is 31.4 Å². The van der Waals surface area contributed by atoms with Crippen molar-refractivity contribution in [1.82, 2.24) is 10.6 Å². The summed E-state index contributed by atoms with van der Waals surface area (Å²) in [7, 11) is 1.54. The maximum absolute atomic E-state index is 12.3. The fraction of sp³-hybridized carbons (Fsp3) is 0.471. The standard InChI is InChI=1S/C17H24N2O5/c1-11(2)9-14(16(21)18-7-8-24-3)19-15(20)12-5-4-6-13(10-12)17(22)23/h4-6,10-11,14H,7-9H2,1-3H3,(H,18,21)(H,19,20)(H,22,23)/t14-/m0/s1. The number of amides is 2. The minimum absolute atomic E-state index is 0.0209. The number of benzene rings is 1. The molecule has 0 saturated carbocycles. The first-order valence-corrected chi connectivity index (χ1v) is 7.76. The Labute approximate surface area is 141 Å². The fourth-order valence-corrected chi connectivity index (χ4v) is 2.14. The maximum Gasteiger partial charge on any atom is 0.335 e. The van der Waals surface area contributed by atoms with E-state index in [1.54, 1.807) is 0 Å². The lowest BCUT2D eigenvalue weighted by Crippen LogP contribution is -2.48. The first-order chi connectivity index (χ1) is 11.3. The van der Waals surface area contributed by atoms with Crippen LogP contribution in [0, 0.1) is 5.92 Å². The van der Waals surface area contributed by atoms with Crippen molar-refractivity contribution in [3.63, 3.8) is 0 Å². The summed E-state index contributed by atoms with van der Waals surface area (Å²) in [6.07, 6.45) is 0.475. The average molecular weight is 336 g/mol. The van der Waals surface area contributed by atoms with Crippen LogP contribution in [-0.2, 0) is 9.53 Å². The Morgan fingerprint density at radius 2 is 1.88 bits per heavy atom. The number of hydrogen-bond acceptors (Lipinski definition) is 4. The molecule has 7 heteroatoms. The van der Waals surface area contributed by atoms with Crippen molar-refractivity contribution < 1.29 is 24.2 Å². The van der Waals surface area contributed by atoms with E-state index in [9.17, 15) is 14.4 Å². The van der Waals surface area contributed by atoms with Crippen LogP contribution in [0.4, 0.5) is 0 Å². The van der Waals surface area contributed by atoms with Crippen molar-refractivity contribution in [3.05, 3.63) is 35.4 Å². The molecule has 2 amide bonds. The molecule has 0 aliphatic rings. The molecule has 0 saturated heterocycles. The largest absolute Gasteiger partial charge is 0.478 e. The highest BCUT2D eigenvalue weighted by Gasteiger charge is 2.22. The molecule has 1 aromatic carbocycles. The van der Waals surface area contributed by atoms with Crippen molar-refractivity contribution >= 4 is 17.8 Å². The number of carboxylic acids is 1. The Balaban J connectivity index is 2.81. The number of aromatic carboxylic acids is 1. The summed E-state index contributed by atoms with van der Waals surface area (Å²) >= 11 is 0. The first-order valence-electron chi connectivity index (χ1n) is 7.76. The molecule has 0 fully saturated rings. The smallest absolute Gasteiger partial charge is 0.335 e. The Kier molecular flexibility index (Phi) is 7.91. The van der Waals surface area contributed by atoms with E-state index in [0.717, 1.165) is 0 Å². The van der Waals surface area contributed by atoms with Crippen LogP contribution in [-0.4, -0.2) is 49.2 Å². The Morgan fingerprint density at radius 1 is 1.21 bits per heavy atom. The van der Waals surface area contributed by atoms with Gasteiger partial charge in [0, 0.05) is 19.2 Å². The van der Waals surface area contributed by atoms with Gasteiger partial charge < -0.3 is 20.5 Å². The van der Waals surface area contributed by atoms with Crippen LogP contribution in [0.1, 0.15) is 41.0 Å². The van der Waals surface area contributed by atoms with Crippen molar-refractivity contribution in [2.24, 2.45) is 5.92 Å². The third-order valence-corrected chi connectivity index (χ3v) is 3.31. The molecule has 24 heavy (non-hydrogen) atoms. The van der Waals surface area contributed by atoms with E-state index < -0.39 is 17.9 Å². The number of carbonyl (C=O) groups excluding carboxylic acids is 2. The van der Waals surface area contributed by atoms with Crippen LogP contribution in [0.25, 0.3) is 0 Å². The van der Waals surface area contributed by atoms with Crippen molar-refractivity contribution in [2.45, 2.75) is 26.3 Å². The predicted molar refractivity (Wildman–Crippen MR) is 89.0 cm³/mol. The van der Waals surface area contributed by atoms with Crippen LogP contribution < -0.4 is 10.6 Å². The summed E-state index contributed by atoms with van der Waals surface area (Å²) < 4.78 is 4.88. The van der Waals surface area contributed by atoms with Gasteiger partial charge in [0.15, 0.2) is 0 Å². The van der Waals surface area contributed by atoms with Gasteiger partial charge in [-0.05, 0) is 30.5 Å². The summed E-state index contributed by atoms with van der Waals surface area (Å²) in [5.74, 6) is -1.68. The quantitative estimate of drug-likeness (QED) is 0.590. The second-order valence-electron chi connectivity index (χ2n) is 5.83. The maximum atomic E-state index is 12.3. The molecule has 0 radical (unpaired) electrons. The van der Waals surface area contributed by atoms with Crippen LogP contribution in [0.15, 0.2) is 24.3 Å². The van der Waals surface area contributed by atoms with Crippen molar-refractivity contribution in [3.8, 4) is 0 Å². The van der Waals surface area contributed by atoms with E-state index in [-0.39, 0.29) is 23.0 Å². The monoisotopic (exact) mass is 336 g/mol. The lowest BCUT2D eigenvalue weighted by atomic mass is 10.0. The summed E-state index contributed by atoms with van der Waals surface area (Å²) in [5, 5.41) is 14.4. The van der Waals surface area contributed by atoms with Crippen molar-refractivity contribution in [1.29, 1.82) is 0 Å². The number of rotatable bonds is 9. The summed E-state index contributed by atoms with van der Waals surface area (Å²) in [6.45, 7) is 4.64. The Morgan fingerprint density at radius 3 is 2.46 bits per heavy atom. The van der Waals surface area contributed by atoms with Gasteiger partial charge in [-0.3, -0.25) is 9.59 Å². The van der Waals surface area contributed by atoms with Gasteiger partial charge in [0.2, 0.25) is 5.91 Å². The second kappa shape index (κ2) is 9.67. The molecule has 1 aromatic rings. The zero-order valence-electron chi connectivity index (χ0n) is 14.2. The van der Waals surface area contributed by atoms with Gasteiger partial charge in [-0.1, -0.05) is 19.9 Å². The molecular formula is C17H24N2O5. The van der Waals surface area contributed by atoms with E-state index in [2.05, 4.69) is 10.6 Å². The lowest BCUT2D eigenvalue weighted by molar-refractivity contribution is -0.123. The number of ether oxygens (including phenoxy) is 1. The first kappa shape index (κ1) is 19.6. The van der Waals surface area contributed by atoms with Crippen LogP contribution >= 0.6 is 0 Å². The molecule has 3 N–H and O–H groups in total. The van der Waals surface area contributed by atoms with Gasteiger partial charge in [-0.15, -0.1) is 0 Å². The number of methoxy groups -OCH3 is 1. The number of carboxylic acid groups (broad SMARTS) is 1. The third kappa shape index (κ3) is 6.37. The molecule has 0 aliphatic heterocycles. The summed E-state index contributed by atoms with van der Waals surface area (Å²) in [5.41, 5.74) is 0.223. The van der Waals surface area contributed by atoms with E-state index >= 15 is 0 Å². The van der Waals surface area contributed by atoms with E-state index in [0.29, 0.717) is 19.6 Å².